The number of aromatic hydroxyl groups is 2. The molecule has 0 saturated heterocycles. The fraction of sp³-hybridized carbons (Fsp3) is 0. The van der Waals surface area contributed by atoms with Gasteiger partial charge in [-0.15, -0.1) is 0 Å². The molecule has 0 aromatic carbocycles. The van der Waals surface area contributed by atoms with Crippen molar-refractivity contribution in [3.8, 4) is 10.4 Å². The van der Waals surface area contributed by atoms with Crippen LogP contribution in [0, 0.1) is 0 Å². The number of hydrogen-bond acceptors (Lipinski definition) is 2. The zero-order valence-corrected chi connectivity index (χ0v) is 5.17. The zero-order chi connectivity index (χ0) is 5.28. The van der Waals surface area contributed by atoms with Crippen LogP contribution < -0.4 is 0 Å². The van der Waals surface area contributed by atoms with Crippen molar-refractivity contribution in [2.24, 2.45) is 0 Å². The average Bonchev–Trinajstić information content (AvgIpc) is 1.87. The van der Waals surface area contributed by atoms with Gasteiger partial charge in [0.25, 0.3) is 0 Å². The van der Waals surface area contributed by atoms with Crippen LogP contribution in [-0.4, -0.2) is 24.7 Å². The monoisotopic (exact) mass is 164 g/mol. The van der Waals surface area contributed by atoms with E-state index in [-0.39, 0.29) is 20.3 Å². The zero-order valence-electron chi connectivity index (χ0n) is 3.46. The van der Waals surface area contributed by atoms with E-state index in [1.807, 2.05) is 0 Å². The molecule has 0 unspecified atom stereocenters. The Morgan fingerprint density at radius 1 is 1.43 bits per heavy atom. The normalized spacial score (nSPS) is 9.14. The van der Waals surface area contributed by atoms with Crippen LogP contribution in [0.3, 0.4) is 0 Å². The summed E-state index contributed by atoms with van der Waals surface area (Å²) in [6.45, 7) is 0. The van der Waals surface area contributed by atoms with Gasteiger partial charge in [-0.1, -0.05) is 0 Å². The van der Waals surface area contributed by atoms with Crippen LogP contribution in [0.25, 0.3) is 0 Å². The minimum absolute atomic E-state index is 0.00405. The molecular weight excluding hydrogens is 159 g/mol. The Morgan fingerprint density at radius 2 is 2.14 bits per heavy atom. The van der Waals surface area contributed by atoms with Crippen LogP contribution in [0.1, 0.15) is 0 Å². The molecule has 1 rings (SSSR count). The maximum atomic E-state index is 8.58. The van der Waals surface area contributed by atoms with Crippen LogP contribution in [0.5, 0.6) is 10.4 Å². The first-order valence-corrected chi connectivity index (χ1v) is 3.60. The van der Waals surface area contributed by atoms with Crippen molar-refractivity contribution in [1.29, 1.82) is 0 Å². The Morgan fingerprint density at radius 3 is 2.29 bits per heavy atom. The van der Waals surface area contributed by atoms with Crippen molar-refractivity contribution in [2.75, 3.05) is 0 Å². The van der Waals surface area contributed by atoms with Crippen LogP contribution in [-0.2, 0) is 0 Å². The Kier molecular flexibility index (Phi) is 1.09. The maximum absolute atomic E-state index is 8.58. The Labute approximate surface area is 46.8 Å². The van der Waals surface area contributed by atoms with E-state index in [2.05, 4.69) is 0 Å². The molecule has 7 heavy (non-hydrogen) atoms. The molecule has 2 nitrogen and oxygen atoms in total. The molecule has 0 bridgehead atoms. The topological polar surface area (TPSA) is 40.5 Å². The molecule has 0 spiro atoms. The van der Waals surface area contributed by atoms with E-state index in [1.165, 1.54) is 6.07 Å². The SMILES string of the molecule is Oc1c[se]c(O)c1. The van der Waals surface area contributed by atoms with Gasteiger partial charge in [0.05, 0.1) is 0 Å². The summed E-state index contributed by atoms with van der Waals surface area (Å²) in [6.07, 6.45) is 0. The molecular formula is C4H4O2Se. The molecule has 38 valence electrons. The fourth-order valence-electron chi connectivity index (χ4n) is 0.315. The summed E-state index contributed by atoms with van der Waals surface area (Å²) in [5.41, 5.74) is 0. The van der Waals surface area contributed by atoms with Crippen LogP contribution in [0.4, 0.5) is 0 Å². The summed E-state index contributed by atoms with van der Waals surface area (Å²) in [7, 11) is 0. The van der Waals surface area contributed by atoms with E-state index in [9.17, 15) is 0 Å². The summed E-state index contributed by atoms with van der Waals surface area (Å²) in [5, 5.41) is 17.1. The van der Waals surface area contributed by atoms with Gasteiger partial charge in [-0.05, 0) is 0 Å². The number of rotatable bonds is 0. The van der Waals surface area contributed by atoms with E-state index in [0.29, 0.717) is 4.62 Å². The molecule has 0 radical (unpaired) electrons. The van der Waals surface area contributed by atoms with Crippen molar-refractivity contribution in [1.82, 2.24) is 0 Å². The molecule has 0 aliphatic rings. The van der Waals surface area contributed by atoms with Crippen molar-refractivity contribution < 1.29 is 10.2 Å². The summed E-state index contributed by atoms with van der Waals surface area (Å²) in [4.78, 5) is 1.61. The van der Waals surface area contributed by atoms with Gasteiger partial charge in [0.1, 0.15) is 0 Å². The molecule has 1 aromatic heterocycles. The molecule has 0 amide bonds. The van der Waals surface area contributed by atoms with E-state index in [0.717, 1.165) is 0 Å². The van der Waals surface area contributed by atoms with E-state index in [1.54, 1.807) is 4.94 Å². The molecule has 1 heterocycles. The van der Waals surface area contributed by atoms with Gasteiger partial charge in [0, 0.05) is 0 Å². The second-order valence-electron chi connectivity index (χ2n) is 1.14. The van der Waals surface area contributed by atoms with Gasteiger partial charge in [-0.25, -0.2) is 0 Å². The second-order valence-corrected chi connectivity index (χ2v) is 3.01. The van der Waals surface area contributed by atoms with Gasteiger partial charge in [0.2, 0.25) is 0 Å². The molecule has 0 atom stereocenters. The summed E-state index contributed by atoms with van der Waals surface area (Å²) in [5.74, 6) is 0.192. The van der Waals surface area contributed by atoms with Gasteiger partial charge in [-0.3, -0.25) is 0 Å². The third-order valence-corrected chi connectivity index (χ3v) is 2.08. The molecule has 0 aliphatic carbocycles. The quantitative estimate of drug-likeness (QED) is 0.534. The van der Waals surface area contributed by atoms with Gasteiger partial charge in [0.15, 0.2) is 0 Å². The molecule has 0 fully saturated rings. The van der Waals surface area contributed by atoms with Gasteiger partial charge < -0.3 is 0 Å². The van der Waals surface area contributed by atoms with Crippen molar-refractivity contribution in [3.05, 3.63) is 11.0 Å². The Hall–Kier alpha value is -0.401. The van der Waals surface area contributed by atoms with E-state index in [4.69, 9.17) is 10.2 Å². The van der Waals surface area contributed by atoms with Crippen LogP contribution >= 0.6 is 0 Å². The van der Waals surface area contributed by atoms with Crippen LogP contribution in [0.15, 0.2) is 11.0 Å². The molecule has 2 N–H and O–H groups in total. The first-order chi connectivity index (χ1) is 3.29. The predicted octanol–water partition coefficient (Wildman–Crippen LogP) is 0.155. The molecule has 1 aromatic rings. The molecule has 0 aliphatic heterocycles. The second kappa shape index (κ2) is 1.60. The minimum atomic E-state index is 0.00405. The molecule has 0 saturated carbocycles. The molecule has 3 heteroatoms. The average molecular weight is 163 g/mol. The predicted molar refractivity (Wildman–Crippen MR) is 26.7 cm³/mol. The summed E-state index contributed by atoms with van der Waals surface area (Å²) >= 11 is 0.00405. The van der Waals surface area contributed by atoms with E-state index >= 15 is 0 Å². The first-order valence-electron chi connectivity index (χ1n) is 1.75. The van der Waals surface area contributed by atoms with Crippen molar-refractivity contribution >= 4 is 14.5 Å². The van der Waals surface area contributed by atoms with Crippen LogP contribution in [0.2, 0.25) is 0 Å². The summed E-state index contributed by atoms with van der Waals surface area (Å²) < 4.78 is 0.296. The third-order valence-electron chi connectivity index (χ3n) is 0.572. The van der Waals surface area contributed by atoms with Crippen molar-refractivity contribution in [3.63, 3.8) is 0 Å². The summed E-state index contributed by atoms with van der Waals surface area (Å²) in [6, 6.07) is 1.36. The Balaban J connectivity index is 3.04. The number of hydrogen-bond donors (Lipinski definition) is 2. The standard InChI is InChI=1S/C4H4O2Se/c5-3-1-4(6)7-2-3/h1-2,5-6H. The van der Waals surface area contributed by atoms with Gasteiger partial charge >= 0.3 is 46.1 Å². The fourth-order valence-corrected chi connectivity index (χ4v) is 1.36. The Bertz CT molecular complexity index is 142. The van der Waals surface area contributed by atoms with E-state index < -0.39 is 0 Å². The third kappa shape index (κ3) is 0.981. The first kappa shape index (κ1) is 4.75. The van der Waals surface area contributed by atoms with Gasteiger partial charge in [-0.2, -0.15) is 0 Å². The van der Waals surface area contributed by atoms with Crippen molar-refractivity contribution in [2.45, 2.75) is 0 Å².